The Morgan fingerprint density at radius 2 is 1.96 bits per heavy atom. The van der Waals surface area contributed by atoms with Crippen LogP contribution in [-0.4, -0.2) is 39.9 Å². The third-order valence-corrected chi connectivity index (χ3v) is 3.48. The van der Waals surface area contributed by atoms with E-state index in [0.29, 0.717) is 12.1 Å². The number of aromatic nitrogens is 2. The molecule has 9 nitrogen and oxygen atoms in total. The first-order valence-electron chi connectivity index (χ1n) is 7.63. The van der Waals surface area contributed by atoms with Gasteiger partial charge in [0.15, 0.2) is 6.10 Å². The minimum atomic E-state index is -0.947. The van der Waals surface area contributed by atoms with Gasteiger partial charge in [0.2, 0.25) is 0 Å². The molecule has 0 aromatic carbocycles. The van der Waals surface area contributed by atoms with Crippen molar-refractivity contribution in [1.29, 1.82) is 0 Å². The Labute approximate surface area is 140 Å². The fourth-order valence-corrected chi connectivity index (χ4v) is 2.34. The largest absolute Gasteiger partial charge is 0.466 e. The number of hydrogen-bond donors (Lipinski definition) is 0. The highest BCUT2D eigenvalue weighted by molar-refractivity contribution is 5.79. The Balaban J connectivity index is 2.70. The molecule has 0 radical (unpaired) electrons. The van der Waals surface area contributed by atoms with Crippen LogP contribution >= 0.6 is 0 Å². The summed E-state index contributed by atoms with van der Waals surface area (Å²) < 4.78 is 11.2. The highest BCUT2D eigenvalue weighted by atomic mass is 16.6. The van der Waals surface area contributed by atoms with Gasteiger partial charge in [0.05, 0.1) is 25.0 Å². The van der Waals surface area contributed by atoms with E-state index in [-0.39, 0.29) is 30.3 Å². The number of carbonyl (C=O) groups is 2. The standard InChI is InChI=1S/C15H23N3O6/c1-9(2)8-12(15(20)23-5)24-13(19)6-7-17-11(4)14(18(21)22)10(3)16-17/h9,12H,6-8H2,1-5H3. The molecule has 1 rings (SSSR count). The molecule has 134 valence electrons. The molecule has 0 bridgehead atoms. The first-order chi connectivity index (χ1) is 11.2. The summed E-state index contributed by atoms with van der Waals surface area (Å²) in [5.41, 5.74) is 0.603. The third-order valence-electron chi connectivity index (χ3n) is 3.48. The van der Waals surface area contributed by atoms with Crippen LogP contribution in [0.3, 0.4) is 0 Å². The normalized spacial score (nSPS) is 12.1. The van der Waals surface area contributed by atoms with Gasteiger partial charge in [0.25, 0.3) is 0 Å². The van der Waals surface area contributed by atoms with Crippen LogP contribution in [0.4, 0.5) is 5.69 Å². The highest BCUT2D eigenvalue weighted by Crippen LogP contribution is 2.22. The number of esters is 2. The summed E-state index contributed by atoms with van der Waals surface area (Å²) in [5, 5.41) is 15.0. The topological polar surface area (TPSA) is 114 Å². The van der Waals surface area contributed by atoms with E-state index >= 15 is 0 Å². The summed E-state index contributed by atoms with van der Waals surface area (Å²) in [5.74, 6) is -1.03. The minimum Gasteiger partial charge on any atom is -0.466 e. The van der Waals surface area contributed by atoms with Crippen molar-refractivity contribution < 1.29 is 24.0 Å². The molecule has 0 aliphatic rings. The zero-order valence-corrected chi connectivity index (χ0v) is 14.6. The zero-order chi connectivity index (χ0) is 18.4. The number of nitro groups is 1. The van der Waals surface area contributed by atoms with Crippen LogP contribution in [0, 0.1) is 29.9 Å². The van der Waals surface area contributed by atoms with E-state index in [1.807, 2.05) is 13.8 Å². The van der Waals surface area contributed by atoms with Crippen LogP contribution in [0.1, 0.15) is 38.1 Å². The molecule has 1 aromatic rings. The van der Waals surface area contributed by atoms with Gasteiger partial charge in [-0.05, 0) is 26.2 Å². The number of methoxy groups -OCH3 is 1. The number of hydrogen-bond acceptors (Lipinski definition) is 7. The third kappa shape index (κ3) is 5.04. The maximum atomic E-state index is 12.0. The summed E-state index contributed by atoms with van der Waals surface area (Å²) in [6.45, 7) is 7.04. The first-order valence-corrected chi connectivity index (χ1v) is 7.63. The van der Waals surface area contributed by atoms with Crippen molar-refractivity contribution in [2.75, 3.05) is 7.11 Å². The van der Waals surface area contributed by atoms with Crippen molar-refractivity contribution in [1.82, 2.24) is 9.78 Å². The van der Waals surface area contributed by atoms with Gasteiger partial charge in [0, 0.05) is 0 Å². The van der Waals surface area contributed by atoms with Crippen molar-refractivity contribution >= 4 is 17.6 Å². The average Bonchev–Trinajstić information content (AvgIpc) is 2.77. The van der Waals surface area contributed by atoms with Crippen LogP contribution < -0.4 is 0 Å². The Kier molecular flexibility index (Phi) is 6.87. The van der Waals surface area contributed by atoms with Gasteiger partial charge in [0.1, 0.15) is 11.4 Å². The number of nitrogens with zero attached hydrogens (tertiary/aromatic N) is 3. The molecule has 9 heteroatoms. The van der Waals surface area contributed by atoms with Gasteiger partial charge in [-0.1, -0.05) is 13.8 Å². The van der Waals surface area contributed by atoms with Gasteiger partial charge in [-0.15, -0.1) is 0 Å². The molecule has 1 aromatic heterocycles. The molecule has 0 amide bonds. The lowest BCUT2D eigenvalue weighted by Crippen LogP contribution is -2.30. The lowest BCUT2D eigenvalue weighted by Gasteiger charge is -2.17. The Morgan fingerprint density at radius 3 is 2.42 bits per heavy atom. The maximum absolute atomic E-state index is 12.0. The van der Waals surface area contributed by atoms with Crippen molar-refractivity contribution in [2.45, 2.75) is 53.2 Å². The van der Waals surface area contributed by atoms with Gasteiger partial charge in [-0.3, -0.25) is 19.6 Å². The molecule has 0 saturated heterocycles. The molecular weight excluding hydrogens is 318 g/mol. The highest BCUT2D eigenvalue weighted by Gasteiger charge is 2.26. The van der Waals surface area contributed by atoms with Crippen molar-refractivity contribution in [3.05, 3.63) is 21.5 Å². The number of rotatable bonds is 8. The molecular formula is C15H23N3O6. The lowest BCUT2D eigenvalue weighted by molar-refractivity contribution is -0.386. The summed E-state index contributed by atoms with van der Waals surface area (Å²) in [6.07, 6.45) is -0.633. The fraction of sp³-hybridized carbons (Fsp3) is 0.667. The van der Waals surface area contributed by atoms with E-state index < -0.39 is 23.0 Å². The minimum absolute atomic E-state index is 0.0509. The molecule has 0 spiro atoms. The van der Waals surface area contributed by atoms with E-state index in [0.717, 1.165) is 0 Å². The SMILES string of the molecule is COC(=O)C(CC(C)C)OC(=O)CCn1nc(C)c([N+](=O)[O-])c1C. The monoisotopic (exact) mass is 341 g/mol. The van der Waals surface area contributed by atoms with Crippen LogP contribution in [0.25, 0.3) is 0 Å². The molecule has 1 heterocycles. The number of aryl methyl sites for hydroxylation is 2. The van der Waals surface area contributed by atoms with E-state index in [1.165, 1.54) is 18.7 Å². The Hall–Kier alpha value is -2.45. The van der Waals surface area contributed by atoms with Gasteiger partial charge in [-0.2, -0.15) is 5.10 Å². The zero-order valence-electron chi connectivity index (χ0n) is 14.6. The van der Waals surface area contributed by atoms with Crippen LogP contribution in [0.5, 0.6) is 0 Å². The molecule has 0 N–H and O–H groups in total. The van der Waals surface area contributed by atoms with Gasteiger partial charge in [-0.25, -0.2) is 4.79 Å². The molecule has 0 aliphatic heterocycles. The molecule has 24 heavy (non-hydrogen) atoms. The summed E-state index contributed by atoms with van der Waals surface area (Å²) in [6, 6.07) is 0. The van der Waals surface area contributed by atoms with E-state index in [9.17, 15) is 19.7 Å². The molecule has 0 aliphatic carbocycles. The number of carbonyl (C=O) groups excluding carboxylic acids is 2. The van der Waals surface area contributed by atoms with E-state index in [4.69, 9.17) is 4.74 Å². The van der Waals surface area contributed by atoms with E-state index in [1.54, 1.807) is 6.92 Å². The van der Waals surface area contributed by atoms with Gasteiger partial charge < -0.3 is 9.47 Å². The predicted octanol–water partition coefficient (Wildman–Crippen LogP) is 1.93. The van der Waals surface area contributed by atoms with Crippen LogP contribution in [0.15, 0.2) is 0 Å². The van der Waals surface area contributed by atoms with Crippen molar-refractivity contribution in [3.8, 4) is 0 Å². The summed E-state index contributed by atoms with van der Waals surface area (Å²) >= 11 is 0. The molecule has 0 fully saturated rings. The van der Waals surface area contributed by atoms with Crippen molar-refractivity contribution in [3.63, 3.8) is 0 Å². The summed E-state index contributed by atoms with van der Waals surface area (Å²) in [7, 11) is 1.23. The maximum Gasteiger partial charge on any atom is 0.347 e. The van der Waals surface area contributed by atoms with E-state index in [2.05, 4.69) is 9.84 Å². The van der Waals surface area contributed by atoms with Crippen molar-refractivity contribution in [2.24, 2.45) is 5.92 Å². The lowest BCUT2D eigenvalue weighted by atomic mass is 10.1. The first kappa shape index (κ1) is 19.6. The number of ether oxygens (including phenoxy) is 2. The predicted molar refractivity (Wildman–Crippen MR) is 84.3 cm³/mol. The van der Waals surface area contributed by atoms with Gasteiger partial charge >= 0.3 is 17.6 Å². The van der Waals surface area contributed by atoms with Crippen LogP contribution in [0.2, 0.25) is 0 Å². The molecule has 0 saturated carbocycles. The smallest absolute Gasteiger partial charge is 0.347 e. The molecule has 1 unspecified atom stereocenters. The quantitative estimate of drug-likeness (QED) is 0.403. The van der Waals surface area contributed by atoms with Crippen LogP contribution in [-0.2, 0) is 25.6 Å². The molecule has 1 atom stereocenters. The summed E-state index contributed by atoms with van der Waals surface area (Å²) in [4.78, 5) is 34.1. The second kappa shape index (κ2) is 8.42. The fourth-order valence-electron chi connectivity index (χ4n) is 2.34. The Bertz CT molecular complexity index is 623. The second-order valence-electron chi connectivity index (χ2n) is 5.88. The Morgan fingerprint density at radius 1 is 1.33 bits per heavy atom. The average molecular weight is 341 g/mol. The second-order valence-corrected chi connectivity index (χ2v) is 5.88.